The van der Waals surface area contributed by atoms with E-state index in [9.17, 15) is 4.21 Å². The Kier molecular flexibility index (Phi) is 6.46. The van der Waals surface area contributed by atoms with E-state index in [2.05, 4.69) is 91.2 Å². The van der Waals surface area contributed by atoms with Crippen molar-refractivity contribution in [2.24, 2.45) is 0 Å². The third-order valence-electron chi connectivity index (χ3n) is 5.80. The number of nitrogens with one attached hydrogen (secondary N) is 2. The molecule has 1 unspecified atom stereocenters. The molecule has 0 aliphatic carbocycles. The Hall–Kier alpha value is -2.93. The van der Waals surface area contributed by atoms with Crippen LogP contribution in [0.3, 0.4) is 0 Å². The standard InChI is InChI=1S/C26H29N3O2S/c1-17(2)19-5-7-20(8-6-19)21-9-14-24-25(18(3)4)16-29(26(24)15-21)23-12-10-22(11-13-23)27-28-32(30)31/h5-18,27-28H,1-4H3,(H,30,31). The van der Waals surface area contributed by atoms with Crippen LogP contribution < -0.4 is 10.3 Å². The summed E-state index contributed by atoms with van der Waals surface area (Å²) < 4.78 is 21.9. The van der Waals surface area contributed by atoms with Crippen LogP contribution in [-0.4, -0.2) is 13.3 Å². The lowest BCUT2D eigenvalue weighted by molar-refractivity contribution is 0.555. The van der Waals surface area contributed by atoms with E-state index in [1.807, 2.05) is 24.3 Å². The summed E-state index contributed by atoms with van der Waals surface area (Å²) in [6.07, 6.45) is 2.21. The van der Waals surface area contributed by atoms with Gasteiger partial charge < -0.3 is 9.99 Å². The Balaban J connectivity index is 1.76. The predicted molar refractivity (Wildman–Crippen MR) is 134 cm³/mol. The van der Waals surface area contributed by atoms with Gasteiger partial charge in [-0.1, -0.05) is 64.1 Å². The number of anilines is 1. The van der Waals surface area contributed by atoms with Gasteiger partial charge in [-0.25, -0.2) is 4.21 Å². The number of benzene rings is 3. The Bertz CT molecular complexity index is 1240. The maximum absolute atomic E-state index is 10.8. The van der Waals surface area contributed by atoms with Gasteiger partial charge in [-0.3, -0.25) is 4.55 Å². The number of fused-ring (bicyclic) bond motifs is 1. The summed E-state index contributed by atoms with van der Waals surface area (Å²) >= 11 is -2.12. The molecule has 1 aromatic heterocycles. The first kappa shape index (κ1) is 22.3. The Labute approximate surface area is 191 Å². The molecule has 0 aliphatic rings. The molecular formula is C26H29N3O2S. The molecule has 0 spiro atoms. The molecule has 4 rings (SSSR count). The quantitative estimate of drug-likeness (QED) is 0.221. The van der Waals surface area contributed by atoms with E-state index in [1.165, 1.54) is 27.6 Å². The zero-order valence-electron chi connectivity index (χ0n) is 18.8. The summed E-state index contributed by atoms with van der Waals surface area (Å²) in [5, 5.41) is 1.25. The van der Waals surface area contributed by atoms with Crippen molar-refractivity contribution in [2.45, 2.75) is 39.5 Å². The van der Waals surface area contributed by atoms with Crippen LogP contribution in [0.4, 0.5) is 5.69 Å². The smallest absolute Gasteiger partial charge is 0.250 e. The van der Waals surface area contributed by atoms with Crippen molar-refractivity contribution in [1.29, 1.82) is 0 Å². The first-order valence-electron chi connectivity index (χ1n) is 10.8. The molecule has 5 nitrogen and oxygen atoms in total. The van der Waals surface area contributed by atoms with Gasteiger partial charge in [0.1, 0.15) is 0 Å². The van der Waals surface area contributed by atoms with Crippen LogP contribution in [0, 0.1) is 0 Å². The van der Waals surface area contributed by atoms with E-state index in [0.717, 1.165) is 11.2 Å². The van der Waals surface area contributed by atoms with Crippen LogP contribution in [0.15, 0.2) is 72.9 Å². The summed E-state index contributed by atoms with van der Waals surface area (Å²) in [6, 6.07) is 23.3. The summed E-state index contributed by atoms with van der Waals surface area (Å²) in [5.74, 6) is 0.919. The van der Waals surface area contributed by atoms with Gasteiger partial charge >= 0.3 is 0 Å². The molecule has 3 N–H and O–H groups in total. The van der Waals surface area contributed by atoms with Crippen molar-refractivity contribution in [2.75, 3.05) is 5.43 Å². The molecule has 0 bridgehead atoms. The summed E-state index contributed by atoms with van der Waals surface area (Å²) in [7, 11) is 0. The van der Waals surface area contributed by atoms with Gasteiger partial charge in [0.05, 0.1) is 5.52 Å². The zero-order valence-corrected chi connectivity index (χ0v) is 19.6. The molecule has 0 amide bonds. The molecule has 0 radical (unpaired) electrons. The monoisotopic (exact) mass is 447 g/mol. The van der Waals surface area contributed by atoms with E-state index >= 15 is 0 Å². The number of hydrogen-bond acceptors (Lipinski definition) is 2. The predicted octanol–water partition coefficient (Wildman–Crippen LogP) is 6.60. The van der Waals surface area contributed by atoms with E-state index in [1.54, 1.807) is 0 Å². The van der Waals surface area contributed by atoms with Gasteiger partial charge in [0, 0.05) is 23.0 Å². The van der Waals surface area contributed by atoms with E-state index < -0.39 is 11.3 Å². The van der Waals surface area contributed by atoms with Crippen molar-refractivity contribution >= 4 is 27.9 Å². The first-order chi connectivity index (χ1) is 15.3. The minimum atomic E-state index is -2.12. The molecule has 0 saturated heterocycles. The fourth-order valence-electron chi connectivity index (χ4n) is 3.97. The Morgan fingerprint density at radius 3 is 2.09 bits per heavy atom. The van der Waals surface area contributed by atoms with Crippen molar-refractivity contribution in [3.05, 3.63) is 84.1 Å². The van der Waals surface area contributed by atoms with Crippen molar-refractivity contribution < 1.29 is 8.76 Å². The Morgan fingerprint density at radius 2 is 1.50 bits per heavy atom. The fraction of sp³-hybridized carbons (Fsp3) is 0.231. The van der Waals surface area contributed by atoms with Crippen molar-refractivity contribution in [1.82, 2.24) is 9.40 Å². The molecule has 0 fully saturated rings. The van der Waals surface area contributed by atoms with Gasteiger partial charge in [0.25, 0.3) is 0 Å². The van der Waals surface area contributed by atoms with E-state index in [0.29, 0.717) is 17.5 Å². The highest BCUT2D eigenvalue weighted by atomic mass is 32.2. The Morgan fingerprint density at radius 1 is 0.844 bits per heavy atom. The zero-order chi connectivity index (χ0) is 22.8. The summed E-state index contributed by atoms with van der Waals surface area (Å²) in [4.78, 5) is 2.28. The van der Waals surface area contributed by atoms with Crippen LogP contribution in [0.1, 0.15) is 50.7 Å². The normalized spacial score (nSPS) is 12.6. The number of aromatic nitrogens is 1. The highest BCUT2D eigenvalue weighted by Gasteiger charge is 2.14. The van der Waals surface area contributed by atoms with Gasteiger partial charge in [-0.15, -0.1) is 4.83 Å². The molecule has 1 atom stereocenters. The average Bonchev–Trinajstić information content (AvgIpc) is 3.17. The molecule has 6 heteroatoms. The minimum Gasteiger partial charge on any atom is -0.316 e. The molecule has 166 valence electrons. The number of rotatable bonds is 7. The number of hydrogen-bond donors (Lipinski definition) is 3. The van der Waals surface area contributed by atoms with Crippen LogP contribution >= 0.6 is 0 Å². The van der Waals surface area contributed by atoms with Crippen LogP contribution in [-0.2, 0) is 11.3 Å². The van der Waals surface area contributed by atoms with Crippen LogP contribution in [0.2, 0.25) is 0 Å². The molecule has 32 heavy (non-hydrogen) atoms. The lowest BCUT2D eigenvalue weighted by Gasteiger charge is -2.10. The summed E-state index contributed by atoms with van der Waals surface area (Å²) in [5.41, 5.74) is 10.7. The first-order valence-corrected chi connectivity index (χ1v) is 11.9. The van der Waals surface area contributed by atoms with Gasteiger partial charge in [-0.05, 0) is 64.4 Å². The molecule has 4 aromatic rings. The maximum atomic E-state index is 10.8. The molecule has 0 aliphatic heterocycles. The van der Waals surface area contributed by atoms with Crippen LogP contribution in [0.25, 0.3) is 27.7 Å². The SMILES string of the molecule is CC(C)c1ccc(-c2ccc3c(C(C)C)cn(-c4ccc(NNS(=O)O)cc4)c3c2)cc1. The highest BCUT2D eigenvalue weighted by molar-refractivity contribution is 7.77. The topological polar surface area (TPSA) is 66.3 Å². The molecular weight excluding hydrogens is 418 g/mol. The van der Waals surface area contributed by atoms with E-state index in [-0.39, 0.29) is 0 Å². The third-order valence-corrected chi connectivity index (χ3v) is 6.07. The lowest BCUT2D eigenvalue weighted by Crippen LogP contribution is -2.23. The molecule has 1 heterocycles. The molecule has 0 saturated carbocycles. The maximum Gasteiger partial charge on any atom is 0.250 e. The van der Waals surface area contributed by atoms with E-state index in [4.69, 9.17) is 4.55 Å². The lowest BCUT2D eigenvalue weighted by atomic mass is 9.97. The second kappa shape index (κ2) is 9.28. The molecule has 3 aromatic carbocycles. The van der Waals surface area contributed by atoms with Crippen molar-refractivity contribution in [3.8, 4) is 16.8 Å². The number of nitrogens with zero attached hydrogens (tertiary/aromatic N) is 1. The van der Waals surface area contributed by atoms with Crippen molar-refractivity contribution in [3.63, 3.8) is 0 Å². The fourth-order valence-corrected chi connectivity index (χ4v) is 4.18. The third kappa shape index (κ3) is 4.63. The highest BCUT2D eigenvalue weighted by Crippen LogP contribution is 2.33. The second-order valence-corrected chi connectivity index (χ2v) is 9.34. The minimum absolute atomic E-state index is 0.402. The number of hydrazine groups is 1. The largest absolute Gasteiger partial charge is 0.316 e. The van der Waals surface area contributed by atoms with Crippen LogP contribution in [0.5, 0.6) is 0 Å². The second-order valence-electron chi connectivity index (χ2n) is 8.64. The summed E-state index contributed by atoms with van der Waals surface area (Å²) in [6.45, 7) is 8.85. The van der Waals surface area contributed by atoms with Gasteiger partial charge in [0.15, 0.2) is 0 Å². The van der Waals surface area contributed by atoms with Gasteiger partial charge in [-0.2, -0.15) is 0 Å². The van der Waals surface area contributed by atoms with Gasteiger partial charge in [0.2, 0.25) is 11.3 Å². The average molecular weight is 448 g/mol.